The first kappa shape index (κ1) is 24.0. The molecule has 1 atom stereocenters. The minimum Gasteiger partial charge on any atom is -0.489 e. The number of guanidine groups is 1. The Balaban J connectivity index is 1.83. The molecule has 0 radical (unpaired) electrons. The molecule has 2 rings (SSSR count). The second-order valence-corrected chi connectivity index (χ2v) is 7.14. The van der Waals surface area contributed by atoms with Crippen molar-refractivity contribution < 1.29 is 18.7 Å². The van der Waals surface area contributed by atoms with E-state index in [0.29, 0.717) is 30.5 Å². The number of likely N-dealkylation sites (N-methyl/N-ethyl adjacent to an activating group) is 1. The Morgan fingerprint density at radius 3 is 2.55 bits per heavy atom. The first-order chi connectivity index (χ1) is 14.9. The van der Waals surface area contributed by atoms with E-state index in [4.69, 9.17) is 9.47 Å². The molecule has 8 heteroatoms. The van der Waals surface area contributed by atoms with Crippen molar-refractivity contribution in [2.75, 3.05) is 34.3 Å². The largest absolute Gasteiger partial charge is 0.489 e. The molecule has 2 aromatic rings. The third kappa shape index (κ3) is 8.54. The summed E-state index contributed by atoms with van der Waals surface area (Å²) in [5, 5.41) is 6.47. The van der Waals surface area contributed by atoms with Gasteiger partial charge in [0.05, 0.1) is 6.54 Å². The van der Waals surface area contributed by atoms with Crippen LogP contribution in [0.15, 0.2) is 53.5 Å². The summed E-state index contributed by atoms with van der Waals surface area (Å²) in [6.07, 6.45) is 0.622. The van der Waals surface area contributed by atoms with Crippen LogP contribution in [0.1, 0.15) is 18.9 Å². The van der Waals surface area contributed by atoms with Crippen molar-refractivity contribution in [2.45, 2.75) is 26.0 Å². The highest BCUT2D eigenvalue weighted by atomic mass is 19.1. The van der Waals surface area contributed by atoms with Crippen LogP contribution in [0.25, 0.3) is 0 Å². The predicted molar refractivity (Wildman–Crippen MR) is 120 cm³/mol. The molecule has 1 amide bonds. The second kappa shape index (κ2) is 12.4. The monoisotopic (exact) mass is 430 g/mol. The van der Waals surface area contributed by atoms with Crippen LogP contribution in [-0.2, 0) is 11.3 Å². The fourth-order valence-corrected chi connectivity index (χ4v) is 2.64. The van der Waals surface area contributed by atoms with E-state index in [1.54, 1.807) is 33.3 Å². The molecule has 0 aliphatic heterocycles. The Morgan fingerprint density at radius 1 is 1.13 bits per heavy atom. The SMILES string of the molecule is CCC(CNC(=NC)NCc1cccc(OCC(=O)N(C)C)c1)Oc1cccc(F)c1. The summed E-state index contributed by atoms with van der Waals surface area (Å²) in [6, 6.07) is 13.7. The Hall–Kier alpha value is -3.29. The third-order valence-electron chi connectivity index (χ3n) is 4.49. The third-order valence-corrected chi connectivity index (χ3v) is 4.49. The van der Waals surface area contributed by atoms with Gasteiger partial charge in [0.25, 0.3) is 5.91 Å². The van der Waals surface area contributed by atoms with Gasteiger partial charge in [-0.1, -0.05) is 25.1 Å². The molecule has 0 aliphatic carbocycles. The summed E-state index contributed by atoms with van der Waals surface area (Å²) in [7, 11) is 5.07. The fourth-order valence-electron chi connectivity index (χ4n) is 2.64. The molecule has 2 N–H and O–H groups in total. The maximum atomic E-state index is 13.4. The number of ether oxygens (including phenoxy) is 2. The highest BCUT2D eigenvalue weighted by Crippen LogP contribution is 2.15. The van der Waals surface area contributed by atoms with Crippen LogP contribution in [0.3, 0.4) is 0 Å². The molecule has 1 unspecified atom stereocenters. The van der Waals surface area contributed by atoms with Crippen molar-refractivity contribution in [3.63, 3.8) is 0 Å². The lowest BCUT2D eigenvalue weighted by Crippen LogP contribution is -2.42. The second-order valence-electron chi connectivity index (χ2n) is 7.14. The number of nitrogens with one attached hydrogen (secondary N) is 2. The minimum atomic E-state index is -0.324. The molecule has 2 aromatic carbocycles. The summed E-state index contributed by atoms with van der Waals surface area (Å²) < 4.78 is 24.8. The van der Waals surface area contributed by atoms with Gasteiger partial charge in [-0.15, -0.1) is 0 Å². The topological polar surface area (TPSA) is 75.2 Å². The van der Waals surface area contributed by atoms with Crippen LogP contribution in [-0.4, -0.2) is 57.2 Å². The smallest absolute Gasteiger partial charge is 0.259 e. The molecule has 0 saturated heterocycles. The zero-order chi connectivity index (χ0) is 22.6. The van der Waals surface area contributed by atoms with Crippen molar-refractivity contribution in [1.82, 2.24) is 15.5 Å². The molecule has 0 heterocycles. The van der Waals surface area contributed by atoms with Crippen LogP contribution in [0.5, 0.6) is 11.5 Å². The fraction of sp³-hybridized carbons (Fsp3) is 0.391. The van der Waals surface area contributed by atoms with Crippen LogP contribution in [0.2, 0.25) is 0 Å². The molecule has 168 valence electrons. The standard InChI is InChI=1S/C23H31FN4O3/c1-5-19(31-21-11-7-9-18(24)13-21)15-27-23(25-2)26-14-17-8-6-10-20(12-17)30-16-22(29)28(3)4/h6-13,19H,5,14-16H2,1-4H3,(H2,25,26,27). The Labute approximate surface area is 183 Å². The molecule has 31 heavy (non-hydrogen) atoms. The lowest BCUT2D eigenvalue weighted by molar-refractivity contribution is -0.130. The van der Waals surface area contributed by atoms with Gasteiger partial charge in [-0.3, -0.25) is 9.79 Å². The number of nitrogens with zero attached hydrogens (tertiary/aromatic N) is 2. The number of hydrogen-bond donors (Lipinski definition) is 2. The maximum absolute atomic E-state index is 13.4. The lowest BCUT2D eigenvalue weighted by Gasteiger charge is -2.20. The van der Waals surface area contributed by atoms with E-state index in [0.717, 1.165) is 12.0 Å². The lowest BCUT2D eigenvalue weighted by atomic mass is 10.2. The number of carbonyl (C=O) groups is 1. The summed E-state index contributed by atoms with van der Waals surface area (Å²) in [6.45, 7) is 3.05. The van der Waals surface area contributed by atoms with Gasteiger partial charge in [0.15, 0.2) is 12.6 Å². The zero-order valence-corrected chi connectivity index (χ0v) is 18.5. The Bertz CT molecular complexity index is 873. The highest BCUT2D eigenvalue weighted by molar-refractivity contribution is 5.79. The molecule has 0 aromatic heterocycles. The molecule has 0 fully saturated rings. The first-order valence-corrected chi connectivity index (χ1v) is 10.2. The molecular weight excluding hydrogens is 399 g/mol. The van der Waals surface area contributed by atoms with Gasteiger partial charge in [0, 0.05) is 33.8 Å². The van der Waals surface area contributed by atoms with Gasteiger partial charge >= 0.3 is 0 Å². The first-order valence-electron chi connectivity index (χ1n) is 10.2. The summed E-state index contributed by atoms with van der Waals surface area (Å²) in [4.78, 5) is 17.4. The van der Waals surface area contributed by atoms with E-state index < -0.39 is 0 Å². The van der Waals surface area contributed by atoms with Crippen molar-refractivity contribution in [3.05, 3.63) is 59.9 Å². The van der Waals surface area contributed by atoms with Crippen molar-refractivity contribution in [3.8, 4) is 11.5 Å². The van der Waals surface area contributed by atoms with Crippen LogP contribution < -0.4 is 20.1 Å². The van der Waals surface area contributed by atoms with Crippen molar-refractivity contribution in [2.24, 2.45) is 4.99 Å². The number of amides is 1. The highest BCUT2D eigenvalue weighted by Gasteiger charge is 2.10. The van der Waals surface area contributed by atoms with Crippen LogP contribution in [0.4, 0.5) is 4.39 Å². The zero-order valence-electron chi connectivity index (χ0n) is 18.5. The Kier molecular flexibility index (Phi) is 9.61. The number of hydrogen-bond acceptors (Lipinski definition) is 4. The van der Waals surface area contributed by atoms with Crippen molar-refractivity contribution in [1.29, 1.82) is 0 Å². The number of benzene rings is 2. The summed E-state index contributed by atoms with van der Waals surface area (Å²) in [5.41, 5.74) is 0.987. The van der Waals surface area contributed by atoms with Crippen LogP contribution >= 0.6 is 0 Å². The minimum absolute atomic E-state index is 0.00315. The molecule has 7 nitrogen and oxygen atoms in total. The quantitative estimate of drug-likeness (QED) is 0.448. The van der Waals surface area contributed by atoms with Crippen molar-refractivity contribution >= 4 is 11.9 Å². The van der Waals surface area contributed by atoms with Gasteiger partial charge < -0.3 is 25.0 Å². The number of aliphatic imine (C=N–C) groups is 1. The number of carbonyl (C=O) groups excluding carboxylic acids is 1. The molecule has 0 saturated carbocycles. The van der Waals surface area contributed by atoms with Gasteiger partial charge in [-0.2, -0.15) is 0 Å². The Morgan fingerprint density at radius 2 is 1.87 bits per heavy atom. The summed E-state index contributed by atoms with van der Waals surface area (Å²) in [5.74, 6) is 1.33. The van der Waals surface area contributed by atoms with E-state index in [1.165, 1.54) is 17.0 Å². The number of rotatable bonds is 10. The normalized spacial score (nSPS) is 12.1. The predicted octanol–water partition coefficient (Wildman–Crippen LogP) is 2.82. The van der Waals surface area contributed by atoms with Gasteiger partial charge in [0.2, 0.25) is 0 Å². The van der Waals surface area contributed by atoms with Gasteiger partial charge in [-0.25, -0.2) is 4.39 Å². The molecule has 0 spiro atoms. The van der Waals surface area contributed by atoms with Gasteiger partial charge in [0.1, 0.15) is 23.4 Å². The average Bonchev–Trinajstić information content (AvgIpc) is 2.76. The maximum Gasteiger partial charge on any atom is 0.259 e. The summed E-state index contributed by atoms with van der Waals surface area (Å²) >= 11 is 0. The van der Waals surface area contributed by atoms with E-state index in [1.807, 2.05) is 31.2 Å². The molecule has 0 aliphatic rings. The van der Waals surface area contributed by atoms with E-state index in [-0.39, 0.29) is 24.4 Å². The van der Waals surface area contributed by atoms with Crippen LogP contribution in [0, 0.1) is 5.82 Å². The van der Waals surface area contributed by atoms with E-state index in [9.17, 15) is 9.18 Å². The number of halogens is 1. The molecule has 0 bridgehead atoms. The van der Waals surface area contributed by atoms with E-state index in [2.05, 4.69) is 15.6 Å². The van der Waals surface area contributed by atoms with Gasteiger partial charge in [-0.05, 0) is 36.2 Å². The molecular formula is C23H31FN4O3. The van der Waals surface area contributed by atoms with E-state index >= 15 is 0 Å². The average molecular weight is 431 g/mol.